The zero-order chi connectivity index (χ0) is 15.7. The predicted octanol–water partition coefficient (Wildman–Crippen LogP) is 1.95. The van der Waals surface area contributed by atoms with Crippen molar-refractivity contribution >= 4 is 16.8 Å². The van der Waals surface area contributed by atoms with E-state index in [-0.39, 0.29) is 17.9 Å². The number of amides is 1. The Bertz CT molecular complexity index is 678. The molecule has 5 nitrogen and oxygen atoms in total. The highest BCUT2D eigenvalue weighted by Crippen LogP contribution is 2.29. The largest absolute Gasteiger partial charge is 0.496 e. The van der Waals surface area contributed by atoms with Crippen LogP contribution in [0.2, 0.25) is 0 Å². The van der Waals surface area contributed by atoms with Gasteiger partial charge in [-0.2, -0.15) is 0 Å². The van der Waals surface area contributed by atoms with Gasteiger partial charge in [0.15, 0.2) is 0 Å². The Morgan fingerprint density at radius 3 is 3.05 bits per heavy atom. The Hall–Kier alpha value is -2.01. The van der Waals surface area contributed by atoms with Gasteiger partial charge in [0.1, 0.15) is 5.75 Å². The number of hydrogen-bond acceptors (Lipinski definition) is 3. The van der Waals surface area contributed by atoms with Crippen molar-refractivity contribution in [3.05, 3.63) is 30.0 Å². The molecule has 2 aromatic rings. The Balaban J connectivity index is 1.78. The lowest BCUT2D eigenvalue weighted by atomic mass is 10.0. The maximum absolute atomic E-state index is 12.5. The molecule has 1 saturated heterocycles. The van der Waals surface area contributed by atoms with Crippen molar-refractivity contribution in [1.29, 1.82) is 0 Å². The molecule has 5 heteroatoms. The van der Waals surface area contributed by atoms with Crippen molar-refractivity contribution in [2.75, 3.05) is 20.2 Å². The maximum atomic E-state index is 12.5. The van der Waals surface area contributed by atoms with Crippen LogP contribution in [0.25, 0.3) is 10.9 Å². The summed E-state index contributed by atoms with van der Waals surface area (Å²) in [6.07, 6.45) is 2.76. The molecular weight excluding hydrogens is 280 g/mol. The van der Waals surface area contributed by atoms with E-state index in [0.717, 1.165) is 35.2 Å². The highest BCUT2D eigenvalue weighted by atomic mass is 16.5. The van der Waals surface area contributed by atoms with Crippen molar-refractivity contribution in [3.8, 4) is 5.75 Å². The molecule has 118 valence electrons. The number of aliphatic hydroxyl groups is 1. The summed E-state index contributed by atoms with van der Waals surface area (Å²) >= 11 is 0. The number of benzene rings is 1. The fourth-order valence-electron chi connectivity index (χ4n) is 3.21. The molecule has 2 atom stereocenters. The molecule has 22 heavy (non-hydrogen) atoms. The number of fused-ring (bicyclic) bond motifs is 1. The smallest absolute Gasteiger partial charge is 0.227 e. The Kier molecular flexibility index (Phi) is 4.07. The van der Waals surface area contributed by atoms with Crippen molar-refractivity contribution in [3.63, 3.8) is 0 Å². The molecule has 0 aliphatic carbocycles. The van der Waals surface area contributed by atoms with Crippen molar-refractivity contribution < 1.29 is 14.6 Å². The fourth-order valence-corrected chi connectivity index (χ4v) is 3.21. The van der Waals surface area contributed by atoms with E-state index in [1.54, 1.807) is 14.0 Å². The summed E-state index contributed by atoms with van der Waals surface area (Å²) in [5.41, 5.74) is 1.93. The van der Waals surface area contributed by atoms with Crippen LogP contribution in [0.4, 0.5) is 0 Å². The first-order valence-electron chi connectivity index (χ1n) is 7.69. The summed E-state index contributed by atoms with van der Waals surface area (Å²) in [7, 11) is 1.64. The van der Waals surface area contributed by atoms with Crippen LogP contribution in [0.15, 0.2) is 24.4 Å². The molecule has 0 saturated carbocycles. The van der Waals surface area contributed by atoms with Gasteiger partial charge < -0.3 is 19.7 Å². The van der Waals surface area contributed by atoms with Gasteiger partial charge in [0, 0.05) is 36.1 Å². The molecule has 0 bridgehead atoms. The van der Waals surface area contributed by atoms with Crippen LogP contribution < -0.4 is 4.74 Å². The van der Waals surface area contributed by atoms with Gasteiger partial charge in [0.05, 0.1) is 19.6 Å². The van der Waals surface area contributed by atoms with Crippen molar-refractivity contribution in [1.82, 2.24) is 9.88 Å². The van der Waals surface area contributed by atoms with Crippen LogP contribution in [-0.4, -0.2) is 47.2 Å². The molecule has 2 unspecified atom stereocenters. The first kappa shape index (κ1) is 14.9. The average molecular weight is 302 g/mol. The summed E-state index contributed by atoms with van der Waals surface area (Å²) in [5.74, 6) is 1.08. The minimum atomic E-state index is -0.356. The number of aliphatic hydroxyl groups excluding tert-OH is 1. The minimum absolute atomic E-state index is 0.106. The second-order valence-electron chi connectivity index (χ2n) is 6.00. The Morgan fingerprint density at radius 2 is 2.36 bits per heavy atom. The molecule has 3 rings (SSSR count). The van der Waals surface area contributed by atoms with E-state index in [0.29, 0.717) is 13.0 Å². The summed E-state index contributed by atoms with van der Waals surface area (Å²) in [4.78, 5) is 17.6. The first-order chi connectivity index (χ1) is 10.6. The Morgan fingerprint density at radius 1 is 1.55 bits per heavy atom. The van der Waals surface area contributed by atoms with E-state index in [9.17, 15) is 9.90 Å². The number of H-pyrrole nitrogens is 1. The number of aromatic amines is 1. The van der Waals surface area contributed by atoms with Gasteiger partial charge >= 0.3 is 0 Å². The van der Waals surface area contributed by atoms with Crippen molar-refractivity contribution in [2.45, 2.75) is 25.9 Å². The lowest BCUT2D eigenvalue weighted by Gasteiger charge is -2.17. The van der Waals surface area contributed by atoms with E-state index in [1.165, 1.54) is 0 Å². The van der Waals surface area contributed by atoms with Gasteiger partial charge in [-0.05, 0) is 31.0 Å². The summed E-state index contributed by atoms with van der Waals surface area (Å²) in [6.45, 7) is 3.17. The standard InChI is InChI=1S/C17H22N2O3/c1-11(20)12-6-7-19(10-12)16(21)8-13-9-18-14-4-3-5-15(22-2)17(13)14/h3-5,9,11-12,18,20H,6-8,10H2,1-2H3. The highest BCUT2D eigenvalue weighted by molar-refractivity contribution is 5.93. The summed E-state index contributed by atoms with van der Waals surface area (Å²) in [6, 6.07) is 5.81. The van der Waals surface area contributed by atoms with Crippen molar-refractivity contribution in [2.24, 2.45) is 5.92 Å². The van der Waals surface area contributed by atoms with E-state index in [1.807, 2.05) is 29.3 Å². The van der Waals surface area contributed by atoms with Crippen LogP contribution >= 0.6 is 0 Å². The number of ether oxygens (including phenoxy) is 1. The molecule has 0 spiro atoms. The third-order valence-corrected chi connectivity index (χ3v) is 4.57. The third-order valence-electron chi connectivity index (χ3n) is 4.57. The number of aromatic nitrogens is 1. The molecule has 1 fully saturated rings. The second kappa shape index (κ2) is 6.01. The monoisotopic (exact) mass is 302 g/mol. The zero-order valence-electron chi connectivity index (χ0n) is 13.0. The van der Waals surface area contributed by atoms with Gasteiger partial charge in [-0.3, -0.25) is 4.79 Å². The number of rotatable bonds is 4. The molecular formula is C17H22N2O3. The topological polar surface area (TPSA) is 65.6 Å². The average Bonchev–Trinajstić information content (AvgIpc) is 3.14. The molecule has 0 radical (unpaired) electrons. The number of likely N-dealkylation sites (tertiary alicyclic amines) is 1. The number of methoxy groups -OCH3 is 1. The molecule has 1 aromatic heterocycles. The van der Waals surface area contributed by atoms with Crippen LogP contribution in [0.1, 0.15) is 18.9 Å². The zero-order valence-corrected chi connectivity index (χ0v) is 13.0. The number of nitrogens with zero attached hydrogens (tertiary/aromatic N) is 1. The number of carbonyl (C=O) groups excluding carboxylic acids is 1. The fraction of sp³-hybridized carbons (Fsp3) is 0.471. The molecule has 2 heterocycles. The molecule has 1 aliphatic rings. The van der Waals surface area contributed by atoms with E-state index >= 15 is 0 Å². The van der Waals surface area contributed by atoms with Crippen LogP contribution in [0.3, 0.4) is 0 Å². The van der Waals surface area contributed by atoms with E-state index < -0.39 is 0 Å². The first-order valence-corrected chi connectivity index (χ1v) is 7.69. The van der Waals surface area contributed by atoms with Crippen LogP contribution in [0, 0.1) is 5.92 Å². The van der Waals surface area contributed by atoms with Gasteiger partial charge in [0.2, 0.25) is 5.91 Å². The maximum Gasteiger partial charge on any atom is 0.227 e. The lowest BCUT2D eigenvalue weighted by Crippen LogP contribution is -2.31. The number of carbonyl (C=O) groups is 1. The van der Waals surface area contributed by atoms with E-state index in [4.69, 9.17) is 4.74 Å². The quantitative estimate of drug-likeness (QED) is 0.907. The molecule has 1 amide bonds. The lowest BCUT2D eigenvalue weighted by molar-refractivity contribution is -0.129. The summed E-state index contributed by atoms with van der Waals surface area (Å²) < 4.78 is 5.40. The molecule has 2 N–H and O–H groups in total. The van der Waals surface area contributed by atoms with Crippen LogP contribution in [0.5, 0.6) is 5.75 Å². The minimum Gasteiger partial charge on any atom is -0.496 e. The Labute approximate surface area is 129 Å². The van der Waals surface area contributed by atoms with Gasteiger partial charge in [0.25, 0.3) is 0 Å². The second-order valence-corrected chi connectivity index (χ2v) is 6.00. The number of hydrogen-bond donors (Lipinski definition) is 2. The molecule has 1 aliphatic heterocycles. The van der Waals surface area contributed by atoms with Gasteiger partial charge in [-0.15, -0.1) is 0 Å². The number of nitrogens with one attached hydrogen (secondary N) is 1. The van der Waals surface area contributed by atoms with E-state index in [2.05, 4.69) is 4.98 Å². The van der Waals surface area contributed by atoms with Gasteiger partial charge in [-0.1, -0.05) is 6.07 Å². The normalized spacial score (nSPS) is 19.6. The SMILES string of the molecule is COc1cccc2[nH]cc(CC(=O)N3CCC(C(C)O)C3)c12. The summed E-state index contributed by atoms with van der Waals surface area (Å²) in [5, 5.41) is 10.6. The molecule has 1 aromatic carbocycles. The van der Waals surface area contributed by atoms with Gasteiger partial charge in [-0.25, -0.2) is 0 Å². The van der Waals surface area contributed by atoms with Crippen LogP contribution in [-0.2, 0) is 11.2 Å². The highest BCUT2D eigenvalue weighted by Gasteiger charge is 2.29. The third kappa shape index (κ3) is 2.68. The predicted molar refractivity (Wildman–Crippen MR) is 84.9 cm³/mol.